The van der Waals surface area contributed by atoms with Gasteiger partial charge < -0.3 is 4.74 Å². The van der Waals surface area contributed by atoms with E-state index in [1.807, 2.05) is 0 Å². The summed E-state index contributed by atoms with van der Waals surface area (Å²) in [6.45, 7) is 0. The Morgan fingerprint density at radius 2 is 2.06 bits per heavy atom. The van der Waals surface area contributed by atoms with Crippen molar-refractivity contribution < 1.29 is 14.5 Å². The summed E-state index contributed by atoms with van der Waals surface area (Å²) in [5, 5.41) is 10.5. The lowest BCUT2D eigenvalue weighted by Gasteiger charge is -2.11. The minimum absolute atomic E-state index is 0.0357. The Bertz CT molecular complexity index is 483. The highest BCUT2D eigenvalue weighted by atomic mass is 35.5. The van der Waals surface area contributed by atoms with Crippen LogP contribution in [0.3, 0.4) is 0 Å². The van der Waals surface area contributed by atoms with E-state index in [0.29, 0.717) is 0 Å². The number of nitrogens with zero attached hydrogens (tertiary/aromatic N) is 1. The Balaban J connectivity index is 2.10. The van der Waals surface area contributed by atoms with Crippen LogP contribution in [0.5, 0.6) is 0 Å². The first-order valence-corrected chi connectivity index (χ1v) is 6.10. The Hall–Kier alpha value is -1.62. The minimum atomic E-state index is -0.589. The van der Waals surface area contributed by atoms with Gasteiger partial charge in [-0.05, 0) is 37.8 Å². The number of nitro groups is 1. The smallest absolute Gasteiger partial charge is 0.338 e. The van der Waals surface area contributed by atoms with Crippen molar-refractivity contribution in [2.75, 3.05) is 0 Å². The Labute approximate surface area is 109 Å². The van der Waals surface area contributed by atoms with Crippen molar-refractivity contribution in [1.82, 2.24) is 0 Å². The van der Waals surface area contributed by atoms with E-state index in [2.05, 4.69) is 0 Å². The van der Waals surface area contributed by atoms with Gasteiger partial charge in [-0.2, -0.15) is 0 Å². The minimum Gasteiger partial charge on any atom is -0.459 e. The van der Waals surface area contributed by atoms with E-state index < -0.39 is 10.9 Å². The van der Waals surface area contributed by atoms with Crippen molar-refractivity contribution in [1.29, 1.82) is 0 Å². The fraction of sp³-hybridized carbons (Fsp3) is 0.417. The standard InChI is InChI=1S/C12H12ClNO4/c13-10-7-8(5-6-11(10)14(16)17)12(15)18-9-3-1-2-4-9/h5-7,9H,1-4H2. The van der Waals surface area contributed by atoms with Gasteiger partial charge in [0.05, 0.1) is 10.5 Å². The van der Waals surface area contributed by atoms with Crippen LogP contribution in [-0.2, 0) is 4.74 Å². The molecule has 1 aromatic rings. The Morgan fingerprint density at radius 1 is 1.39 bits per heavy atom. The largest absolute Gasteiger partial charge is 0.459 e. The third-order valence-electron chi connectivity index (χ3n) is 2.96. The van der Waals surface area contributed by atoms with Gasteiger partial charge in [0.15, 0.2) is 0 Å². The number of carbonyl (C=O) groups excluding carboxylic acids is 1. The molecule has 0 amide bonds. The molecule has 6 heteroatoms. The molecule has 0 aliphatic heterocycles. The predicted molar refractivity (Wildman–Crippen MR) is 65.8 cm³/mol. The third kappa shape index (κ3) is 2.79. The van der Waals surface area contributed by atoms with Crippen molar-refractivity contribution in [2.24, 2.45) is 0 Å². The van der Waals surface area contributed by atoms with Gasteiger partial charge in [0.1, 0.15) is 11.1 Å². The molecule has 0 heterocycles. The monoisotopic (exact) mass is 269 g/mol. The summed E-state index contributed by atoms with van der Waals surface area (Å²) >= 11 is 5.74. The average molecular weight is 270 g/mol. The normalized spacial score (nSPS) is 15.6. The molecule has 96 valence electrons. The molecular formula is C12H12ClNO4. The first kappa shape index (κ1) is 12.8. The van der Waals surface area contributed by atoms with E-state index in [-0.39, 0.29) is 22.4 Å². The van der Waals surface area contributed by atoms with E-state index in [4.69, 9.17) is 16.3 Å². The van der Waals surface area contributed by atoms with Crippen LogP contribution in [0.2, 0.25) is 5.02 Å². The molecule has 18 heavy (non-hydrogen) atoms. The number of ether oxygens (including phenoxy) is 1. The topological polar surface area (TPSA) is 69.4 Å². The van der Waals surface area contributed by atoms with Crippen molar-refractivity contribution in [3.8, 4) is 0 Å². The lowest BCUT2D eigenvalue weighted by Crippen LogP contribution is -2.14. The number of benzene rings is 1. The van der Waals surface area contributed by atoms with Gasteiger partial charge in [-0.1, -0.05) is 11.6 Å². The lowest BCUT2D eigenvalue weighted by molar-refractivity contribution is -0.384. The maximum Gasteiger partial charge on any atom is 0.338 e. The van der Waals surface area contributed by atoms with Crippen LogP contribution >= 0.6 is 11.6 Å². The molecule has 2 rings (SSSR count). The molecule has 1 aromatic carbocycles. The highest BCUT2D eigenvalue weighted by Gasteiger charge is 2.21. The van der Waals surface area contributed by atoms with Crippen LogP contribution in [0.1, 0.15) is 36.0 Å². The van der Waals surface area contributed by atoms with Crippen LogP contribution in [0, 0.1) is 10.1 Å². The number of hydrogen-bond acceptors (Lipinski definition) is 4. The summed E-state index contributed by atoms with van der Waals surface area (Å²) in [5.41, 5.74) is 0.0339. The molecule has 0 bridgehead atoms. The maximum atomic E-state index is 11.8. The molecule has 0 atom stereocenters. The molecule has 1 aliphatic carbocycles. The average Bonchev–Trinajstić information content (AvgIpc) is 2.81. The number of nitro benzene ring substituents is 1. The molecule has 1 aliphatic rings. The molecule has 0 aromatic heterocycles. The van der Waals surface area contributed by atoms with E-state index in [1.165, 1.54) is 18.2 Å². The first-order chi connectivity index (χ1) is 8.58. The van der Waals surface area contributed by atoms with Gasteiger partial charge in [-0.25, -0.2) is 4.79 Å². The second-order valence-electron chi connectivity index (χ2n) is 4.24. The highest BCUT2D eigenvalue weighted by Crippen LogP contribution is 2.27. The summed E-state index contributed by atoms with van der Waals surface area (Å²) < 4.78 is 5.29. The van der Waals surface area contributed by atoms with Crippen LogP contribution in [-0.4, -0.2) is 17.0 Å². The summed E-state index contributed by atoms with van der Waals surface area (Å²) in [7, 11) is 0. The summed E-state index contributed by atoms with van der Waals surface area (Å²) in [5.74, 6) is -0.473. The fourth-order valence-electron chi connectivity index (χ4n) is 2.01. The van der Waals surface area contributed by atoms with Gasteiger partial charge in [0, 0.05) is 6.07 Å². The molecule has 0 spiro atoms. The molecule has 0 radical (unpaired) electrons. The molecule has 1 saturated carbocycles. The summed E-state index contributed by atoms with van der Waals surface area (Å²) in [6.07, 6.45) is 3.86. The van der Waals surface area contributed by atoms with Crippen molar-refractivity contribution >= 4 is 23.3 Å². The van der Waals surface area contributed by atoms with Crippen LogP contribution in [0.25, 0.3) is 0 Å². The zero-order chi connectivity index (χ0) is 13.1. The predicted octanol–water partition coefficient (Wildman–Crippen LogP) is 3.35. The maximum absolute atomic E-state index is 11.8. The van der Waals surface area contributed by atoms with E-state index >= 15 is 0 Å². The third-order valence-corrected chi connectivity index (χ3v) is 3.26. The zero-order valence-electron chi connectivity index (χ0n) is 9.60. The van der Waals surface area contributed by atoms with Gasteiger partial charge in [0.2, 0.25) is 0 Å². The van der Waals surface area contributed by atoms with Gasteiger partial charge in [-0.15, -0.1) is 0 Å². The molecule has 0 unspecified atom stereocenters. The molecule has 5 nitrogen and oxygen atoms in total. The quantitative estimate of drug-likeness (QED) is 0.479. The fourth-order valence-corrected chi connectivity index (χ4v) is 2.26. The van der Waals surface area contributed by atoms with Crippen molar-refractivity contribution in [2.45, 2.75) is 31.8 Å². The number of rotatable bonds is 3. The summed E-state index contributed by atoms with van der Waals surface area (Å²) in [6, 6.07) is 3.85. The number of esters is 1. The molecule has 0 saturated heterocycles. The second kappa shape index (κ2) is 5.35. The summed E-state index contributed by atoms with van der Waals surface area (Å²) in [4.78, 5) is 21.8. The molecule has 0 N–H and O–H groups in total. The second-order valence-corrected chi connectivity index (χ2v) is 4.64. The Morgan fingerprint density at radius 3 is 2.61 bits per heavy atom. The van der Waals surface area contributed by atoms with E-state index in [0.717, 1.165) is 25.7 Å². The lowest BCUT2D eigenvalue weighted by atomic mass is 10.2. The van der Waals surface area contributed by atoms with Gasteiger partial charge in [-0.3, -0.25) is 10.1 Å². The van der Waals surface area contributed by atoms with Crippen molar-refractivity contribution in [3.63, 3.8) is 0 Å². The van der Waals surface area contributed by atoms with Gasteiger partial charge in [0.25, 0.3) is 5.69 Å². The molecule has 1 fully saturated rings. The van der Waals surface area contributed by atoms with Gasteiger partial charge >= 0.3 is 5.97 Å². The van der Waals surface area contributed by atoms with Crippen LogP contribution < -0.4 is 0 Å². The SMILES string of the molecule is O=C(OC1CCCC1)c1ccc([N+](=O)[O-])c(Cl)c1. The zero-order valence-corrected chi connectivity index (χ0v) is 10.4. The Kier molecular flexibility index (Phi) is 3.81. The van der Waals surface area contributed by atoms with Crippen LogP contribution in [0.15, 0.2) is 18.2 Å². The number of hydrogen-bond donors (Lipinski definition) is 0. The first-order valence-electron chi connectivity index (χ1n) is 5.73. The van der Waals surface area contributed by atoms with Crippen molar-refractivity contribution in [3.05, 3.63) is 38.9 Å². The van der Waals surface area contributed by atoms with E-state index in [9.17, 15) is 14.9 Å². The van der Waals surface area contributed by atoms with E-state index in [1.54, 1.807) is 0 Å². The number of halogens is 1. The highest BCUT2D eigenvalue weighted by molar-refractivity contribution is 6.33. The van der Waals surface area contributed by atoms with Crippen LogP contribution in [0.4, 0.5) is 5.69 Å². The molecular weight excluding hydrogens is 258 g/mol. The number of carbonyl (C=O) groups is 1.